The van der Waals surface area contributed by atoms with Crippen molar-refractivity contribution in [3.05, 3.63) is 65.5 Å². The highest BCUT2D eigenvalue weighted by Crippen LogP contribution is 2.13. The number of carbonyl (C=O) groups excluding carboxylic acids is 1. The summed E-state index contributed by atoms with van der Waals surface area (Å²) in [6, 6.07) is 9.41. The number of hydrogen-bond donors (Lipinski definition) is 1. The van der Waals surface area contributed by atoms with E-state index in [1.165, 1.54) is 12.1 Å². The molecule has 6 heteroatoms. The Kier molecular flexibility index (Phi) is 5.16. The normalized spacial score (nSPS) is 10.8. The lowest BCUT2D eigenvalue weighted by Gasteiger charge is -2.16. The van der Waals surface area contributed by atoms with Crippen molar-refractivity contribution in [2.24, 2.45) is 0 Å². The average molecular weight is 308 g/mol. The van der Waals surface area contributed by atoms with E-state index < -0.39 is 17.5 Å². The molecule has 0 saturated heterocycles. The molecule has 0 unspecified atom stereocenters. The van der Waals surface area contributed by atoms with Gasteiger partial charge in [-0.1, -0.05) is 18.2 Å². The fourth-order valence-corrected chi connectivity index (χ4v) is 1.99. The van der Waals surface area contributed by atoms with Crippen LogP contribution < -0.4 is 5.32 Å². The van der Waals surface area contributed by atoms with E-state index >= 15 is 0 Å². The zero-order valence-corrected chi connectivity index (χ0v) is 11.9. The lowest BCUT2D eigenvalue weighted by atomic mass is 10.2. The van der Waals surface area contributed by atoms with Gasteiger partial charge in [0.2, 0.25) is 5.91 Å². The van der Waals surface area contributed by atoms with E-state index in [2.05, 4.69) is 5.32 Å². The number of halogens is 3. The van der Waals surface area contributed by atoms with Gasteiger partial charge in [0, 0.05) is 23.9 Å². The van der Waals surface area contributed by atoms with Gasteiger partial charge in [-0.2, -0.15) is 0 Å². The number of rotatable bonds is 5. The van der Waals surface area contributed by atoms with E-state index in [4.69, 9.17) is 0 Å². The van der Waals surface area contributed by atoms with Crippen LogP contribution in [0.4, 0.5) is 18.9 Å². The first-order valence-electron chi connectivity index (χ1n) is 6.62. The summed E-state index contributed by atoms with van der Waals surface area (Å²) in [5.41, 5.74) is 0.647. The van der Waals surface area contributed by atoms with Gasteiger partial charge in [0.15, 0.2) is 11.6 Å². The van der Waals surface area contributed by atoms with Crippen LogP contribution in [0.3, 0.4) is 0 Å². The van der Waals surface area contributed by atoms with Crippen LogP contribution in [0.15, 0.2) is 42.5 Å². The predicted molar refractivity (Wildman–Crippen MR) is 77.7 cm³/mol. The standard InChI is InChI=1S/C16H15F3N2O/c1-21(9-11-4-2-3-5-13(11)17)10-16(22)20-12-6-7-14(18)15(19)8-12/h2-8H,9-10H2,1H3,(H,20,22). The van der Waals surface area contributed by atoms with Crippen LogP contribution >= 0.6 is 0 Å². The molecular weight excluding hydrogens is 293 g/mol. The summed E-state index contributed by atoms with van der Waals surface area (Å²) >= 11 is 0. The molecule has 0 radical (unpaired) electrons. The highest BCUT2D eigenvalue weighted by Gasteiger charge is 2.11. The summed E-state index contributed by atoms with van der Waals surface area (Å²) in [7, 11) is 1.66. The number of hydrogen-bond acceptors (Lipinski definition) is 2. The number of carbonyl (C=O) groups is 1. The first-order valence-corrected chi connectivity index (χ1v) is 6.62. The van der Waals surface area contributed by atoms with Gasteiger partial charge < -0.3 is 5.32 Å². The van der Waals surface area contributed by atoms with Crippen molar-refractivity contribution in [2.45, 2.75) is 6.54 Å². The third-order valence-electron chi connectivity index (χ3n) is 3.01. The lowest BCUT2D eigenvalue weighted by Crippen LogP contribution is -2.30. The molecule has 0 spiro atoms. The Hall–Kier alpha value is -2.34. The maximum Gasteiger partial charge on any atom is 0.238 e. The van der Waals surface area contributed by atoms with Crippen LogP contribution in [0, 0.1) is 17.5 Å². The van der Waals surface area contributed by atoms with Gasteiger partial charge in [-0.25, -0.2) is 13.2 Å². The minimum absolute atomic E-state index is 0.00662. The molecule has 3 nitrogen and oxygen atoms in total. The molecule has 0 bridgehead atoms. The Morgan fingerprint density at radius 1 is 1.05 bits per heavy atom. The molecule has 22 heavy (non-hydrogen) atoms. The van der Waals surface area contributed by atoms with Crippen molar-refractivity contribution in [2.75, 3.05) is 18.9 Å². The Bertz CT molecular complexity index is 676. The summed E-state index contributed by atoms with van der Waals surface area (Å²) in [4.78, 5) is 13.5. The number of likely N-dealkylation sites (N-methyl/N-ethyl adjacent to an activating group) is 1. The average Bonchev–Trinajstić information content (AvgIpc) is 2.45. The van der Waals surface area contributed by atoms with Crippen molar-refractivity contribution >= 4 is 11.6 Å². The van der Waals surface area contributed by atoms with Crippen LogP contribution in [0.5, 0.6) is 0 Å². The van der Waals surface area contributed by atoms with Gasteiger partial charge in [-0.15, -0.1) is 0 Å². The molecule has 0 aromatic heterocycles. The third-order valence-corrected chi connectivity index (χ3v) is 3.01. The summed E-state index contributed by atoms with van der Waals surface area (Å²) in [5.74, 6) is -2.74. The first kappa shape index (κ1) is 16.0. The molecule has 2 rings (SSSR count). The molecule has 0 aliphatic rings. The van der Waals surface area contributed by atoms with Crippen LogP contribution in [0.2, 0.25) is 0 Å². The summed E-state index contributed by atoms with van der Waals surface area (Å²) in [6.45, 7) is 0.255. The molecule has 1 N–H and O–H groups in total. The minimum atomic E-state index is -1.03. The summed E-state index contributed by atoms with van der Waals surface area (Å²) < 4.78 is 39.4. The van der Waals surface area contributed by atoms with Crippen molar-refractivity contribution < 1.29 is 18.0 Å². The quantitative estimate of drug-likeness (QED) is 0.920. The largest absolute Gasteiger partial charge is 0.325 e. The molecule has 0 saturated carbocycles. The fraction of sp³-hybridized carbons (Fsp3) is 0.188. The molecule has 0 heterocycles. The maximum atomic E-state index is 13.5. The van der Waals surface area contributed by atoms with Crippen LogP contribution in [-0.2, 0) is 11.3 Å². The van der Waals surface area contributed by atoms with Gasteiger partial charge in [0.25, 0.3) is 0 Å². The Balaban J connectivity index is 1.91. The monoisotopic (exact) mass is 308 g/mol. The lowest BCUT2D eigenvalue weighted by molar-refractivity contribution is -0.117. The van der Waals surface area contributed by atoms with Crippen molar-refractivity contribution in [3.8, 4) is 0 Å². The number of anilines is 1. The Morgan fingerprint density at radius 2 is 1.77 bits per heavy atom. The molecule has 0 aliphatic heterocycles. The third kappa shape index (κ3) is 4.33. The van der Waals surface area contributed by atoms with Crippen molar-refractivity contribution in [3.63, 3.8) is 0 Å². The second-order valence-corrected chi connectivity index (χ2v) is 4.94. The van der Waals surface area contributed by atoms with E-state index in [0.717, 1.165) is 12.1 Å². The second-order valence-electron chi connectivity index (χ2n) is 4.94. The van der Waals surface area contributed by atoms with Crippen molar-refractivity contribution in [1.29, 1.82) is 0 Å². The highest BCUT2D eigenvalue weighted by atomic mass is 19.2. The highest BCUT2D eigenvalue weighted by molar-refractivity contribution is 5.92. The zero-order chi connectivity index (χ0) is 16.1. The van der Waals surface area contributed by atoms with E-state index in [-0.39, 0.29) is 24.6 Å². The van der Waals surface area contributed by atoms with Gasteiger partial charge >= 0.3 is 0 Å². The maximum absolute atomic E-state index is 13.5. The molecule has 2 aromatic rings. The minimum Gasteiger partial charge on any atom is -0.325 e. The zero-order valence-electron chi connectivity index (χ0n) is 11.9. The van der Waals surface area contributed by atoms with Gasteiger partial charge in [-0.05, 0) is 25.2 Å². The Morgan fingerprint density at radius 3 is 2.45 bits per heavy atom. The molecule has 116 valence electrons. The molecule has 1 amide bonds. The summed E-state index contributed by atoms with van der Waals surface area (Å²) in [5, 5.41) is 2.46. The van der Waals surface area contributed by atoms with E-state index in [1.807, 2.05) is 0 Å². The molecule has 2 aromatic carbocycles. The number of nitrogens with one attached hydrogen (secondary N) is 1. The summed E-state index contributed by atoms with van der Waals surface area (Å²) in [6.07, 6.45) is 0. The van der Waals surface area contributed by atoms with E-state index in [1.54, 1.807) is 30.1 Å². The topological polar surface area (TPSA) is 32.3 Å². The molecular formula is C16H15F3N2O. The second kappa shape index (κ2) is 7.09. The number of nitrogens with zero attached hydrogens (tertiary/aromatic N) is 1. The molecule has 0 aliphatic carbocycles. The number of amides is 1. The Labute approximate surface area is 126 Å². The van der Waals surface area contributed by atoms with E-state index in [9.17, 15) is 18.0 Å². The predicted octanol–water partition coefficient (Wildman–Crippen LogP) is 3.17. The SMILES string of the molecule is CN(CC(=O)Nc1ccc(F)c(F)c1)Cc1ccccc1F. The van der Waals surface area contributed by atoms with Crippen LogP contribution in [-0.4, -0.2) is 24.4 Å². The van der Waals surface area contributed by atoms with Gasteiger partial charge in [-0.3, -0.25) is 9.69 Å². The first-order chi connectivity index (χ1) is 10.5. The molecule has 0 atom stereocenters. The van der Waals surface area contributed by atoms with E-state index in [0.29, 0.717) is 5.56 Å². The fourth-order valence-electron chi connectivity index (χ4n) is 1.99. The van der Waals surface area contributed by atoms with Gasteiger partial charge in [0.1, 0.15) is 5.82 Å². The van der Waals surface area contributed by atoms with Crippen molar-refractivity contribution in [1.82, 2.24) is 4.90 Å². The smallest absolute Gasteiger partial charge is 0.238 e. The van der Waals surface area contributed by atoms with Gasteiger partial charge in [0.05, 0.1) is 6.54 Å². The van der Waals surface area contributed by atoms with Crippen LogP contribution in [0.1, 0.15) is 5.56 Å². The van der Waals surface area contributed by atoms with Crippen LogP contribution in [0.25, 0.3) is 0 Å². The number of benzene rings is 2. The molecule has 0 fully saturated rings.